The maximum atomic E-state index is 10.4. The summed E-state index contributed by atoms with van der Waals surface area (Å²) in [5.74, 6) is 0.695. The zero-order valence-corrected chi connectivity index (χ0v) is 16.8. The van der Waals surface area contributed by atoms with E-state index in [1.807, 2.05) is 12.1 Å². The maximum absolute atomic E-state index is 10.4. The number of ether oxygens (including phenoxy) is 1. The summed E-state index contributed by atoms with van der Waals surface area (Å²) in [5, 5.41) is 18.0. The van der Waals surface area contributed by atoms with E-state index in [0.717, 1.165) is 30.9 Å². The standard InChI is InChI=1S/C17H23N3O2S.HI/c1-18-17(19-10-13-6-4-8-22-13)20-11-14(21)16-9-12-5-2-3-7-15(12)23-16;/h2-3,5,7,9,13-14,21H,4,6,8,10-11H2,1H3,(H2,18,19,20);1H. The van der Waals surface area contributed by atoms with Crippen LogP contribution in [0.5, 0.6) is 0 Å². The molecule has 3 N–H and O–H groups in total. The van der Waals surface area contributed by atoms with Crippen LogP contribution in [0, 0.1) is 0 Å². The SMILES string of the molecule is CN=C(NCC1CCCO1)NCC(O)c1cc2ccccc2s1.I. The number of hydrogen-bond donors (Lipinski definition) is 3. The molecule has 1 aliphatic heterocycles. The number of aliphatic hydroxyl groups is 1. The molecule has 0 bridgehead atoms. The molecule has 24 heavy (non-hydrogen) atoms. The summed E-state index contributed by atoms with van der Waals surface area (Å²) < 4.78 is 6.78. The topological polar surface area (TPSA) is 65.9 Å². The van der Waals surface area contributed by atoms with Gasteiger partial charge in [0.2, 0.25) is 0 Å². The number of benzene rings is 1. The van der Waals surface area contributed by atoms with Gasteiger partial charge in [-0.2, -0.15) is 0 Å². The van der Waals surface area contributed by atoms with E-state index in [-0.39, 0.29) is 30.1 Å². The van der Waals surface area contributed by atoms with Crippen molar-refractivity contribution in [2.75, 3.05) is 26.7 Å². The van der Waals surface area contributed by atoms with Gasteiger partial charge in [0.05, 0.1) is 6.10 Å². The highest BCUT2D eigenvalue weighted by Gasteiger charge is 2.16. The molecule has 0 spiro atoms. The van der Waals surface area contributed by atoms with Crippen molar-refractivity contribution in [3.05, 3.63) is 35.2 Å². The second-order valence-electron chi connectivity index (χ2n) is 5.67. The van der Waals surface area contributed by atoms with Crippen molar-refractivity contribution >= 4 is 51.4 Å². The molecule has 2 aromatic rings. The summed E-state index contributed by atoms with van der Waals surface area (Å²) in [6.07, 6.45) is 1.94. The molecule has 5 nitrogen and oxygen atoms in total. The molecule has 1 aromatic heterocycles. The van der Waals surface area contributed by atoms with Crippen LogP contribution in [0.15, 0.2) is 35.3 Å². The molecule has 7 heteroatoms. The van der Waals surface area contributed by atoms with Crippen molar-refractivity contribution in [2.24, 2.45) is 4.99 Å². The van der Waals surface area contributed by atoms with Crippen molar-refractivity contribution in [1.82, 2.24) is 10.6 Å². The molecule has 2 atom stereocenters. The number of rotatable bonds is 5. The number of aliphatic imine (C=N–C) groups is 1. The van der Waals surface area contributed by atoms with Gasteiger partial charge in [0.25, 0.3) is 0 Å². The van der Waals surface area contributed by atoms with Gasteiger partial charge in [-0.05, 0) is 30.4 Å². The number of guanidine groups is 1. The Balaban J connectivity index is 0.00000208. The van der Waals surface area contributed by atoms with Gasteiger partial charge in [0.15, 0.2) is 5.96 Å². The first kappa shape index (κ1) is 19.4. The van der Waals surface area contributed by atoms with Crippen LogP contribution in [-0.4, -0.2) is 43.9 Å². The summed E-state index contributed by atoms with van der Waals surface area (Å²) in [4.78, 5) is 5.15. The van der Waals surface area contributed by atoms with Gasteiger partial charge in [-0.25, -0.2) is 0 Å². The molecule has 3 rings (SSSR count). The van der Waals surface area contributed by atoms with E-state index in [9.17, 15) is 5.11 Å². The number of nitrogens with one attached hydrogen (secondary N) is 2. The highest BCUT2D eigenvalue weighted by atomic mass is 127. The Hall–Kier alpha value is -0.900. The van der Waals surface area contributed by atoms with Crippen LogP contribution in [0.3, 0.4) is 0 Å². The lowest BCUT2D eigenvalue weighted by Crippen LogP contribution is -2.42. The van der Waals surface area contributed by atoms with E-state index in [2.05, 4.69) is 33.8 Å². The highest BCUT2D eigenvalue weighted by Crippen LogP contribution is 2.29. The van der Waals surface area contributed by atoms with Crippen molar-refractivity contribution in [2.45, 2.75) is 25.0 Å². The van der Waals surface area contributed by atoms with E-state index in [0.29, 0.717) is 12.5 Å². The number of halogens is 1. The molecule has 0 saturated carbocycles. The number of aliphatic hydroxyl groups excluding tert-OH is 1. The predicted octanol–water partition coefficient (Wildman–Crippen LogP) is 2.90. The Labute approximate surface area is 163 Å². The van der Waals surface area contributed by atoms with Crippen molar-refractivity contribution in [1.29, 1.82) is 0 Å². The molecule has 0 radical (unpaired) electrons. The zero-order chi connectivity index (χ0) is 16.1. The van der Waals surface area contributed by atoms with Gasteiger partial charge >= 0.3 is 0 Å². The zero-order valence-electron chi connectivity index (χ0n) is 13.7. The summed E-state index contributed by atoms with van der Waals surface area (Å²) >= 11 is 1.63. The normalized spacial score (nSPS) is 19.1. The maximum Gasteiger partial charge on any atom is 0.191 e. The number of nitrogens with zero attached hydrogens (tertiary/aromatic N) is 1. The lowest BCUT2D eigenvalue weighted by Gasteiger charge is -2.16. The van der Waals surface area contributed by atoms with Gasteiger partial charge in [-0.15, -0.1) is 35.3 Å². The predicted molar refractivity (Wildman–Crippen MR) is 111 cm³/mol. The van der Waals surface area contributed by atoms with Crippen LogP contribution in [0.2, 0.25) is 0 Å². The summed E-state index contributed by atoms with van der Waals surface area (Å²) in [5.41, 5.74) is 0. The third-order valence-electron chi connectivity index (χ3n) is 3.98. The number of thiophene rings is 1. The Morgan fingerprint density at radius 3 is 2.96 bits per heavy atom. The van der Waals surface area contributed by atoms with Crippen molar-refractivity contribution in [3.63, 3.8) is 0 Å². The molecule has 2 unspecified atom stereocenters. The minimum absolute atomic E-state index is 0. The van der Waals surface area contributed by atoms with Crippen molar-refractivity contribution in [3.8, 4) is 0 Å². The second-order valence-corrected chi connectivity index (χ2v) is 6.79. The average Bonchev–Trinajstić information content (AvgIpc) is 3.23. The van der Waals surface area contributed by atoms with Crippen LogP contribution in [0.4, 0.5) is 0 Å². The van der Waals surface area contributed by atoms with Gasteiger partial charge in [0, 0.05) is 36.3 Å². The van der Waals surface area contributed by atoms with Crippen LogP contribution in [0.25, 0.3) is 10.1 Å². The molecule has 1 fully saturated rings. The molecule has 1 aliphatic rings. The third kappa shape index (κ3) is 5.05. The quantitative estimate of drug-likeness (QED) is 0.364. The Morgan fingerprint density at radius 1 is 1.42 bits per heavy atom. The van der Waals surface area contributed by atoms with E-state index >= 15 is 0 Å². The van der Waals surface area contributed by atoms with E-state index in [1.165, 1.54) is 10.1 Å². The van der Waals surface area contributed by atoms with Gasteiger partial charge < -0.3 is 20.5 Å². The molecular formula is C17H24IN3O2S. The summed E-state index contributed by atoms with van der Waals surface area (Å²) in [6, 6.07) is 10.2. The molecule has 132 valence electrons. The minimum atomic E-state index is -0.548. The highest BCUT2D eigenvalue weighted by molar-refractivity contribution is 14.0. The molecule has 1 saturated heterocycles. The number of hydrogen-bond acceptors (Lipinski definition) is 4. The first-order valence-corrected chi connectivity index (χ1v) is 8.80. The average molecular weight is 461 g/mol. The van der Waals surface area contributed by atoms with Crippen LogP contribution in [-0.2, 0) is 4.74 Å². The first-order valence-electron chi connectivity index (χ1n) is 7.99. The second kappa shape index (κ2) is 9.55. The van der Waals surface area contributed by atoms with Gasteiger partial charge in [0.1, 0.15) is 6.10 Å². The Bertz CT molecular complexity index is 638. The van der Waals surface area contributed by atoms with Gasteiger partial charge in [-0.3, -0.25) is 4.99 Å². The molecular weight excluding hydrogens is 437 g/mol. The van der Waals surface area contributed by atoms with Crippen LogP contribution >= 0.6 is 35.3 Å². The fraction of sp³-hybridized carbons (Fsp3) is 0.471. The number of fused-ring (bicyclic) bond motifs is 1. The molecule has 1 aromatic carbocycles. The van der Waals surface area contributed by atoms with Crippen LogP contribution in [0.1, 0.15) is 23.8 Å². The van der Waals surface area contributed by atoms with Crippen LogP contribution < -0.4 is 10.6 Å². The lowest BCUT2D eigenvalue weighted by atomic mass is 10.2. The molecule has 2 heterocycles. The first-order chi connectivity index (χ1) is 11.3. The van der Waals surface area contributed by atoms with Gasteiger partial charge in [-0.1, -0.05) is 18.2 Å². The molecule has 0 amide bonds. The third-order valence-corrected chi connectivity index (χ3v) is 5.20. The monoisotopic (exact) mass is 461 g/mol. The fourth-order valence-corrected chi connectivity index (χ4v) is 3.75. The Kier molecular flexibility index (Phi) is 7.73. The smallest absolute Gasteiger partial charge is 0.191 e. The van der Waals surface area contributed by atoms with E-state index in [4.69, 9.17) is 4.74 Å². The van der Waals surface area contributed by atoms with E-state index in [1.54, 1.807) is 18.4 Å². The van der Waals surface area contributed by atoms with E-state index < -0.39 is 6.10 Å². The summed E-state index contributed by atoms with van der Waals surface area (Å²) in [6.45, 7) is 2.03. The molecule has 0 aliphatic carbocycles. The lowest BCUT2D eigenvalue weighted by molar-refractivity contribution is 0.113. The fourth-order valence-electron chi connectivity index (χ4n) is 2.70. The largest absolute Gasteiger partial charge is 0.386 e. The Morgan fingerprint density at radius 2 is 2.25 bits per heavy atom. The summed E-state index contributed by atoms with van der Waals surface area (Å²) in [7, 11) is 1.73. The van der Waals surface area contributed by atoms with Crippen molar-refractivity contribution < 1.29 is 9.84 Å². The minimum Gasteiger partial charge on any atom is -0.386 e.